The highest BCUT2D eigenvalue weighted by Crippen LogP contribution is 2.35. The lowest BCUT2D eigenvalue weighted by Gasteiger charge is -2.33. The van der Waals surface area contributed by atoms with Crippen LogP contribution >= 0.6 is 24.0 Å². The van der Waals surface area contributed by atoms with Gasteiger partial charge in [-0.1, -0.05) is 11.6 Å². The molecule has 1 aromatic rings. The molecular formula is C15H23Cl2N3O3. The molecule has 0 spiro atoms. The number of amides is 1. The van der Waals surface area contributed by atoms with E-state index < -0.39 is 0 Å². The number of halogens is 2. The molecule has 2 N–H and O–H groups in total. The van der Waals surface area contributed by atoms with Crippen LogP contribution in [0.1, 0.15) is 6.92 Å². The Labute approximate surface area is 147 Å². The first-order valence-electron chi connectivity index (χ1n) is 7.21. The maximum absolute atomic E-state index is 12.3. The molecule has 6 nitrogen and oxygen atoms in total. The second-order valence-electron chi connectivity index (χ2n) is 5.26. The van der Waals surface area contributed by atoms with Gasteiger partial charge in [-0.05, 0) is 6.92 Å². The molecule has 2 rings (SSSR count). The molecule has 1 aromatic carbocycles. The molecule has 1 fully saturated rings. The zero-order valence-corrected chi connectivity index (χ0v) is 15.1. The minimum absolute atomic E-state index is 0. The molecule has 0 bridgehead atoms. The standard InChI is InChI=1S/C15H22ClN3O3.ClH/c1-10-8-17-4-5-19(10)9-15(20)18-12-7-13(21-2)11(16)6-14(12)22-3;/h6-7,10,17H,4-5,8-9H2,1-3H3,(H,18,20);1H/t10-;/m1./s1. The van der Waals surface area contributed by atoms with Crippen LogP contribution in [0.5, 0.6) is 11.5 Å². The quantitative estimate of drug-likeness (QED) is 0.837. The SMILES string of the molecule is COc1cc(NC(=O)CN2CCNC[C@H]2C)c(OC)cc1Cl.Cl. The van der Waals surface area contributed by atoms with E-state index in [1.165, 1.54) is 14.2 Å². The first-order valence-corrected chi connectivity index (χ1v) is 7.59. The van der Waals surface area contributed by atoms with Gasteiger partial charge in [0.1, 0.15) is 11.5 Å². The molecule has 0 aromatic heterocycles. The van der Waals surface area contributed by atoms with Crippen LogP contribution in [0.4, 0.5) is 5.69 Å². The lowest BCUT2D eigenvalue weighted by Crippen LogP contribution is -2.51. The van der Waals surface area contributed by atoms with Crippen molar-refractivity contribution in [2.24, 2.45) is 0 Å². The summed E-state index contributed by atoms with van der Waals surface area (Å²) in [6.45, 7) is 5.10. The van der Waals surface area contributed by atoms with Crippen LogP contribution in [0.2, 0.25) is 5.02 Å². The molecule has 130 valence electrons. The molecule has 23 heavy (non-hydrogen) atoms. The number of anilines is 1. The van der Waals surface area contributed by atoms with E-state index in [9.17, 15) is 4.79 Å². The third-order valence-electron chi connectivity index (χ3n) is 3.73. The van der Waals surface area contributed by atoms with Crippen molar-refractivity contribution in [3.05, 3.63) is 17.2 Å². The molecule has 1 amide bonds. The van der Waals surface area contributed by atoms with Crippen molar-refractivity contribution in [1.82, 2.24) is 10.2 Å². The molecule has 1 saturated heterocycles. The molecule has 1 atom stereocenters. The number of carbonyl (C=O) groups excluding carboxylic acids is 1. The molecular weight excluding hydrogens is 341 g/mol. The topological polar surface area (TPSA) is 62.8 Å². The van der Waals surface area contributed by atoms with Crippen LogP contribution in [0.3, 0.4) is 0 Å². The van der Waals surface area contributed by atoms with E-state index in [0.29, 0.717) is 34.8 Å². The summed E-state index contributed by atoms with van der Waals surface area (Å²) in [6.07, 6.45) is 0. The van der Waals surface area contributed by atoms with Gasteiger partial charge in [-0.25, -0.2) is 0 Å². The number of nitrogens with zero attached hydrogens (tertiary/aromatic N) is 1. The first-order chi connectivity index (χ1) is 10.5. The summed E-state index contributed by atoms with van der Waals surface area (Å²) < 4.78 is 10.4. The lowest BCUT2D eigenvalue weighted by atomic mass is 10.2. The zero-order valence-electron chi connectivity index (χ0n) is 13.5. The highest BCUT2D eigenvalue weighted by Gasteiger charge is 2.21. The van der Waals surface area contributed by atoms with Gasteiger partial charge in [-0.15, -0.1) is 12.4 Å². The van der Waals surface area contributed by atoms with Crippen molar-refractivity contribution in [3.8, 4) is 11.5 Å². The van der Waals surface area contributed by atoms with E-state index >= 15 is 0 Å². The van der Waals surface area contributed by atoms with Crippen molar-refractivity contribution >= 4 is 35.6 Å². The highest BCUT2D eigenvalue weighted by atomic mass is 35.5. The first kappa shape index (κ1) is 19.8. The number of piperazine rings is 1. The second-order valence-corrected chi connectivity index (χ2v) is 5.67. The molecule has 0 radical (unpaired) electrons. The van der Waals surface area contributed by atoms with Gasteiger partial charge in [-0.3, -0.25) is 9.69 Å². The van der Waals surface area contributed by atoms with Gasteiger partial charge in [0.25, 0.3) is 0 Å². The summed E-state index contributed by atoms with van der Waals surface area (Å²) in [4.78, 5) is 14.4. The van der Waals surface area contributed by atoms with Gasteiger partial charge in [-0.2, -0.15) is 0 Å². The third-order valence-corrected chi connectivity index (χ3v) is 4.03. The lowest BCUT2D eigenvalue weighted by molar-refractivity contribution is -0.118. The molecule has 1 aliphatic rings. The Morgan fingerprint density at radius 2 is 2.09 bits per heavy atom. The number of benzene rings is 1. The zero-order chi connectivity index (χ0) is 16.1. The average Bonchev–Trinajstić information content (AvgIpc) is 2.50. The van der Waals surface area contributed by atoms with E-state index in [0.717, 1.165) is 19.6 Å². The molecule has 0 unspecified atom stereocenters. The number of hydrogen-bond donors (Lipinski definition) is 2. The second kappa shape index (κ2) is 9.17. The number of hydrogen-bond acceptors (Lipinski definition) is 5. The van der Waals surface area contributed by atoms with E-state index in [-0.39, 0.29) is 18.3 Å². The largest absolute Gasteiger partial charge is 0.495 e. The summed E-state index contributed by atoms with van der Waals surface area (Å²) >= 11 is 6.06. The summed E-state index contributed by atoms with van der Waals surface area (Å²) in [5.74, 6) is 0.914. The summed E-state index contributed by atoms with van der Waals surface area (Å²) in [5, 5.41) is 6.61. The maximum atomic E-state index is 12.3. The van der Waals surface area contributed by atoms with Crippen molar-refractivity contribution in [2.45, 2.75) is 13.0 Å². The highest BCUT2D eigenvalue weighted by molar-refractivity contribution is 6.32. The Kier molecular flexibility index (Phi) is 7.91. The number of rotatable bonds is 5. The average molecular weight is 364 g/mol. The molecule has 1 aliphatic heterocycles. The fourth-order valence-corrected chi connectivity index (χ4v) is 2.68. The van der Waals surface area contributed by atoms with Crippen LogP contribution < -0.4 is 20.1 Å². The van der Waals surface area contributed by atoms with Crippen LogP contribution in [-0.4, -0.2) is 57.2 Å². The normalized spacial score (nSPS) is 18.0. The van der Waals surface area contributed by atoms with Crippen LogP contribution in [0, 0.1) is 0 Å². The Balaban J connectivity index is 0.00000264. The summed E-state index contributed by atoms with van der Waals surface area (Å²) in [7, 11) is 3.06. The van der Waals surface area contributed by atoms with Crippen LogP contribution in [0.25, 0.3) is 0 Å². The molecule has 0 aliphatic carbocycles. The van der Waals surface area contributed by atoms with E-state index in [1.807, 2.05) is 0 Å². The van der Waals surface area contributed by atoms with E-state index in [1.54, 1.807) is 12.1 Å². The van der Waals surface area contributed by atoms with E-state index in [4.69, 9.17) is 21.1 Å². The van der Waals surface area contributed by atoms with Crippen molar-refractivity contribution < 1.29 is 14.3 Å². The molecule has 1 heterocycles. The third kappa shape index (κ3) is 5.14. The number of nitrogens with one attached hydrogen (secondary N) is 2. The fourth-order valence-electron chi connectivity index (χ4n) is 2.45. The minimum Gasteiger partial charge on any atom is -0.495 e. The van der Waals surface area contributed by atoms with Gasteiger partial charge in [0.2, 0.25) is 5.91 Å². The van der Waals surface area contributed by atoms with Gasteiger partial charge in [0, 0.05) is 37.8 Å². The van der Waals surface area contributed by atoms with Gasteiger partial charge < -0.3 is 20.1 Å². The fraction of sp³-hybridized carbons (Fsp3) is 0.533. The predicted octanol–water partition coefficient (Wildman–Crippen LogP) is 2.01. The summed E-state index contributed by atoms with van der Waals surface area (Å²) in [5.41, 5.74) is 0.552. The Morgan fingerprint density at radius 3 is 2.70 bits per heavy atom. The Hall–Kier alpha value is -1.21. The predicted molar refractivity (Wildman–Crippen MR) is 94.3 cm³/mol. The maximum Gasteiger partial charge on any atom is 0.238 e. The van der Waals surface area contributed by atoms with Crippen molar-refractivity contribution in [3.63, 3.8) is 0 Å². The molecule has 0 saturated carbocycles. The van der Waals surface area contributed by atoms with Crippen LogP contribution in [0.15, 0.2) is 12.1 Å². The van der Waals surface area contributed by atoms with Crippen LogP contribution in [-0.2, 0) is 4.79 Å². The summed E-state index contributed by atoms with van der Waals surface area (Å²) in [6, 6.07) is 3.63. The number of methoxy groups -OCH3 is 2. The van der Waals surface area contributed by atoms with Gasteiger partial charge in [0.05, 0.1) is 31.5 Å². The Bertz CT molecular complexity index is 543. The minimum atomic E-state index is -0.0866. The van der Waals surface area contributed by atoms with E-state index in [2.05, 4.69) is 22.5 Å². The van der Waals surface area contributed by atoms with Gasteiger partial charge in [0.15, 0.2) is 0 Å². The Morgan fingerprint density at radius 1 is 1.39 bits per heavy atom. The number of ether oxygens (including phenoxy) is 2. The van der Waals surface area contributed by atoms with Gasteiger partial charge >= 0.3 is 0 Å². The smallest absolute Gasteiger partial charge is 0.238 e. The number of carbonyl (C=O) groups is 1. The van der Waals surface area contributed by atoms with Crippen molar-refractivity contribution in [1.29, 1.82) is 0 Å². The van der Waals surface area contributed by atoms with Crippen molar-refractivity contribution in [2.75, 3.05) is 45.7 Å². The monoisotopic (exact) mass is 363 g/mol. The molecule has 8 heteroatoms.